The Hall–Kier alpha value is -1.82. The fraction of sp³-hybridized carbons (Fsp3) is 0.438. The fourth-order valence-electron chi connectivity index (χ4n) is 2.91. The van der Waals surface area contributed by atoms with Crippen LogP contribution in [0.3, 0.4) is 0 Å². The highest BCUT2D eigenvalue weighted by Crippen LogP contribution is 2.33. The van der Waals surface area contributed by atoms with Crippen molar-refractivity contribution in [2.45, 2.75) is 49.1 Å². The van der Waals surface area contributed by atoms with Crippen LogP contribution in [-0.4, -0.2) is 20.7 Å². The van der Waals surface area contributed by atoms with Gasteiger partial charge < -0.3 is 5.73 Å². The van der Waals surface area contributed by atoms with E-state index in [-0.39, 0.29) is 11.6 Å². The first-order chi connectivity index (χ1) is 10.6. The minimum absolute atomic E-state index is 0.0170. The monoisotopic (exact) mass is 317 g/mol. The molecule has 1 amide bonds. The van der Waals surface area contributed by atoms with E-state index >= 15 is 0 Å². The van der Waals surface area contributed by atoms with Gasteiger partial charge >= 0.3 is 0 Å². The normalized spacial score (nSPS) is 17.0. The summed E-state index contributed by atoms with van der Waals surface area (Å²) in [5, 5.41) is 0.813. The third-order valence-electron chi connectivity index (χ3n) is 4.15. The minimum atomic E-state index is -0.416. The van der Waals surface area contributed by atoms with E-state index in [1.54, 1.807) is 11.5 Å². The van der Waals surface area contributed by atoms with Gasteiger partial charge in [0.2, 0.25) is 5.91 Å². The molecule has 3 rings (SSSR count). The predicted octanol–water partition coefficient (Wildman–Crippen LogP) is 2.48. The number of thioether (sulfide) groups is 1. The third kappa shape index (κ3) is 2.75. The lowest BCUT2D eigenvalue weighted by Crippen LogP contribution is -2.29. The second-order valence-corrected chi connectivity index (χ2v) is 7.00. The van der Waals surface area contributed by atoms with Crippen molar-refractivity contribution >= 4 is 28.6 Å². The Kier molecular flexibility index (Phi) is 4.20. The number of carbonyl (C=O) groups excluding carboxylic acids is 1. The van der Waals surface area contributed by atoms with Gasteiger partial charge in [-0.05, 0) is 31.9 Å². The molecule has 2 N–H and O–H groups in total. The number of carbonyl (C=O) groups is 1. The third-order valence-corrected chi connectivity index (χ3v) is 5.23. The summed E-state index contributed by atoms with van der Waals surface area (Å²) in [7, 11) is 0. The molecule has 1 aliphatic rings. The van der Waals surface area contributed by atoms with Crippen LogP contribution in [0.25, 0.3) is 10.9 Å². The number of fused-ring (bicyclic) bond motifs is 1. The summed E-state index contributed by atoms with van der Waals surface area (Å²) in [6.07, 6.45) is 4.22. The molecule has 1 saturated carbocycles. The van der Waals surface area contributed by atoms with Crippen LogP contribution < -0.4 is 11.3 Å². The number of hydrogen-bond acceptors (Lipinski definition) is 4. The van der Waals surface area contributed by atoms with Crippen LogP contribution in [0.15, 0.2) is 34.2 Å². The summed E-state index contributed by atoms with van der Waals surface area (Å²) in [4.78, 5) is 28.9. The zero-order chi connectivity index (χ0) is 15.7. The average Bonchev–Trinajstić information content (AvgIpc) is 3.01. The van der Waals surface area contributed by atoms with E-state index in [9.17, 15) is 9.59 Å². The lowest BCUT2D eigenvalue weighted by Gasteiger charge is -2.19. The molecule has 1 atom stereocenters. The topological polar surface area (TPSA) is 78.0 Å². The van der Waals surface area contributed by atoms with Crippen LogP contribution in [0.4, 0.5) is 0 Å². The average molecular weight is 317 g/mol. The molecular weight excluding hydrogens is 298 g/mol. The van der Waals surface area contributed by atoms with E-state index in [2.05, 4.69) is 4.98 Å². The number of amides is 1. The molecule has 1 aliphatic carbocycles. The molecule has 6 heteroatoms. The molecule has 0 spiro atoms. The van der Waals surface area contributed by atoms with Crippen LogP contribution in [0.5, 0.6) is 0 Å². The number of aromatic nitrogens is 2. The van der Waals surface area contributed by atoms with Gasteiger partial charge in [0.05, 0.1) is 16.2 Å². The Balaban J connectivity index is 2.16. The largest absolute Gasteiger partial charge is 0.369 e. The number of rotatable bonds is 4. The van der Waals surface area contributed by atoms with E-state index in [1.165, 1.54) is 11.8 Å². The van der Waals surface area contributed by atoms with Crippen molar-refractivity contribution in [3.63, 3.8) is 0 Å². The van der Waals surface area contributed by atoms with Gasteiger partial charge in [0.15, 0.2) is 5.16 Å². The zero-order valence-corrected chi connectivity index (χ0v) is 13.3. The van der Waals surface area contributed by atoms with Gasteiger partial charge in [-0.25, -0.2) is 4.98 Å². The molecule has 22 heavy (non-hydrogen) atoms. The first-order valence-corrected chi connectivity index (χ1v) is 8.43. The van der Waals surface area contributed by atoms with Crippen LogP contribution in [0, 0.1) is 0 Å². The summed E-state index contributed by atoms with van der Waals surface area (Å²) in [5.41, 5.74) is 6.01. The first-order valence-electron chi connectivity index (χ1n) is 7.55. The molecule has 0 radical (unpaired) electrons. The lowest BCUT2D eigenvalue weighted by atomic mass is 10.2. The van der Waals surface area contributed by atoms with Gasteiger partial charge in [-0.2, -0.15) is 0 Å². The number of nitrogens with two attached hydrogens (primary N) is 1. The molecule has 0 aliphatic heterocycles. The molecule has 1 fully saturated rings. The van der Waals surface area contributed by atoms with Crippen molar-refractivity contribution in [3.05, 3.63) is 34.6 Å². The summed E-state index contributed by atoms with van der Waals surface area (Å²) in [6.45, 7) is 1.74. The highest BCUT2D eigenvalue weighted by Gasteiger charge is 2.24. The smallest absolute Gasteiger partial charge is 0.262 e. The first kappa shape index (κ1) is 15.1. The van der Waals surface area contributed by atoms with Crippen molar-refractivity contribution in [1.29, 1.82) is 0 Å². The van der Waals surface area contributed by atoms with E-state index in [4.69, 9.17) is 5.73 Å². The van der Waals surface area contributed by atoms with E-state index in [0.29, 0.717) is 16.1 Å². The second-order valence-electron chi connectivity index (χ2n) is 5.69. The number of primary amides is 1. The highest BCUT2D eigenvalue weighted by molar-refractivity contribution is 8.00. The molecule has 1 aromatic heterocycles. The van der Waals surface area contributed by atoms with Gasteiger partial charge in [-0.3, -0.25) is 14.2 Å². The second kappa shape index (κ2) is 6.12. The molecule has 116 valence electrons. The Morgan fingerprint density at radius 1 is 1.36 bits per heavy atom. The Labute approximate surface area is 132 Å². The maximum atomic E-state index is 12.9. The van der Waals surface area contributed by atoms with Crippen molar-refractivity contribution in [3.8, 4) is 0 Å². The lowest BCUT2D eigenvalue weighted by molar-refractivity contribution is -0.117. The molecule has 2 aromatic rings. The molecule has 0 saturated heterocycles. The molecule has 0 unspecified atom stereocenters. The molecule has 1 heterocycles. The Bertz CT molecular complexity index is 766. The molecule has 0 bridgehead atoms. The van der Waals surface area contributed by atoms with Crippen LogP contribution >= 0.6 is 11.8 Å². The van der Waals surface area contributed by atoms with Gasteiger partial charge in [-0.1, -0.05) is 36.7 Å². The standard InChI is InChI=1S/C16H19N3O2S/c1-10(14(17)20)22-16-18-13-9-5-4-8-12(13)15(21)19(16)11-6-2-3-7-11/h4-5,8-11H,2-3,6-7H2,1H3,(H2,17,20)/t10-/m0/s1. The fourth-order valence-corrected chi connectivity index (χ4v) is 3.84. The quantitative estimate of drug-likeness (QED) is 0.694. The van der Waals surface area contributed by atoms with Gasteiger partial charge in [0.25, 0.3) is 5.56 Å². The highest BCUT2D eigenvalue weighted by atomic mass is 32.2. The molecular formula is C16H19N3O2S. The minimum Gasteiger partial charge on any atom is -0.369 e. The van der Waals surface area contributed by atoms with Crippen molar-refractivity contribution in [2.75, 3.05) is 0 Å². The summed E-state index contributed by atoms with van der Waals surface area (Å²) in [5.74, 6) is -0.398. The van der Waals surface area contributed by atoms with E-state index in [1.807, 2.05) is 24.3 Å². The van der Waals surface area contributed by atoms with Gasteiger partial charge in [-0.15, -0.1) is 0 Å². The van der Waals surface area contributed by atoms with Gasteiger partial charge in [0, 0.05) is 6.04 Å². The van der Waals surface area contributed by atoms with E-state index < -0.39 is 11.2 Å². The van der Waals surface area contributed by atoms with Crippen molar-refractivity contribution in [1.82, 2.24) is 9.55 Å². The Morgan fingerprint density at radius 2 is 2.05 bits per heavy atom. The number of benzene rings is 1. The van der Waals surface area contributed by atoms with Crippen molar-refractivity contribution < 1.29 is 4.79 Å². The number of hydrogen-bond donors (Lipinski definition) is 1. The number of nitrogens with zero attached hydrogens (tertiary/aromatic N) is 2. The summed E-state index contributed by atoms with van der Waals surface area (Å²) < 4.78 is 1.78. The van der Waals surface area contributed by atoms with Crippen LogP contribution in [0.2, 0.25) is 0 Å². The van der Waals surface area contributed by atoms with Crippen LogP contribution in [0.1, 0.15) is 38.6 Å². The SMILES string of the molecule is C[C@H](Sc1nc2ccccc2c(=O)n1C1CCCC1)C(N)=O. The summed E-state index contributed by atoms with van der Waals surface area (Å²) >= 11 is 1.27. The van der Waals surface area contributed by atoms with Crippen LogP contribution in [-0.2, 0) is 4.79 Å². The van der Waals surface area contributed by atoms with Gasteiger partial charge in [0.1, 0.15) is 0 Å². The maximum Gasteiger partial charge on any atom is 0.262 e. The van der Waals surface area contributed by atoms with E-state index in [0.717, 1.165) is 25.7 Å². The maximum absolute atomic E-state index is 12.9. The summed E-state index contributed by atoms with van der Waals surface area (Å²) in [6, 6.07) is 7.52. The number of para-hydroxylation sites is 1. The molecule has 5 nitrogen and oxygen atoms in total. The predicted molar refractivity (Wildman–Crippen MR) is 88.0 cm³/mol. The zero-order valence-electron chi connectivity index (χ0n) is 12.5. The van der Waals surface area contributed by atoms with Crippen molar-refractivity contribution in [2.24, 2.45) is 5.73 Å². The molecule has 1 aromatic carbocycles. The Morgan fingerprint density at radius 3 is 2.73 bits per heavy atom.